The summed E-state index contributed by atoms with van der Waals surface area (Å²) >= 11 is 0. The SMILES string of the molecule is CN(C)C[C@]1(O)CCCN(Cc2ccc(F)cc2)C1=O. The largest absolute Gasteiger partial charge is 0.379 e. The van der Waals surface area contributed by atoms with Crippen molar-refractivity contribution in [1.82, 2.24) is 9.80 Å². The molecule has 1 atom stereocenters. The number of benzene rings is 1. The van der Waals surface area contributed by atoms with Crippen molar-refractivity contribution in [3.05, 3.63) is 35.6 Å². The zero-order chi connectivity index (χ0) is 14.8. The van der Waals surface area contributed by atoms with Gasteiger partial charge in [-0.1, -0.05) is 12.1 Å². The van der Waals surface area contributed by atoms with Crippen molar-refractivity contribution in [1.29, 1.82) is 0 Å². The quantitative estimate of drug-likeness (QED) is 0.902. The van der Waals surface area contributed by atoms with Gasteiger partial charge in [0, 0.05) is 19.6 Å². The van der Waals surface area contributed by atoms with E-state index in [2.05, 4.69) is 0 Å². The Kier molecular flexibility index (Phi) is 4.40. The van der Waals surface area contributed by atoms with Crippen LogP contribution in [0.15, 0.2) is 24.3 Å². The van der Waals surface area contributed by atoms with Crippen LogP contribution in [0.1, 0.15) is 18.4 Å². The van der Waals surface area contributed by atoms with Crippen LogP contribution in [0.4, 0.5) is 4.39 Å². The average Bonchev–Trinajstić information content (AvgIpc) is 2.37. The number of likely N-dealkylation sites (tertiary alicyclic amines) is 1. The lowest BCUT2D eigenvalue weighted by Crippen LogP contribution is -2.57. The monoisotopic (exact) mass is 280 g/mol. The summed E-state index contributed by atoms with van der Waals surface area (Å²) in [5.74, 6) is -0.524. The standard InChI is InChI=1S/C15H21FN2O2/c1-17(2)11-15(20)8-3-9-18(14(15)19)10-12-4-6-13(16)7-5-12/h4-7,20H,3,8-11H2,1-2H3/t15-/m1/s1. The number of hydrogen-bond donors (Lipinski definition) is 1. The minimum Gasteiger partial charge on any atom is -0.379 e. The molecule has 20 heavy (non-hydrogen) atoms. The van der Waals surface area contributed by atoms with Gasteiger partial charge in [-0.05, 0) is 44.6 Å². The van der Waals surface area contributed by atoms with Crippen molar-refractivity contribution in [2.24, 2.45) is 0 Å². The number of carbonyl (C=O) groups excluding carboxylic acids is 1. The third-order valence-electron chi connectivity index (χ3n) is 3.57. The Morgan fingerprint density at radius 3 is 2.60 bits per heavy atom. The molecule has 0 spiro atoms. The van der Waals surface area contributed by atoms with Crippen LogP contribution in [0.25, 0.3) is 0 Å². The molecule has 1 saturated heterocycles. The summed E-state index contributed by atoms with van der Waals surface area (Å²) in [6, 6.07) is 6.11. The smallest absolute Gasteiger partial charge is 0.256 e. The van der Waals surface area contributed by atoms with Gasteiger partial charge in [0.05, 0.1) is 0 Å². The summed E-state index contributed by atoms with van der Waals surface area (Å²) in [5, 5.41) is 10.5. The maximum atomic E-state index is 12.9. The molecule has 110 valence electrons. The van der Waals surface area contributed by atoms with Crippen LogP contribution in [0.3, 0.4) is 0 Å². The second kappa shape index (κ2) is 5.89. The molecule has 0 unspecified atom stereocenters. The highest BCUT2D eigenvalue weighted by molar-refractivity contribution is 5.86. The summed E-state index contributed by atoms with van der Waals surface area (Å²) in [5.41, 5.74) is -0.434. The molecule has 0 aliphatic carbocycles. The van der Waals surface area contributed by atoms with Crippen LogP contribution < -0.4 is 0 Å². The predicted octanol–water partition coefficient (Wildman–Crippen LogP) is 1.24. The average molecular weight is 280 g/mol. The van der Waals surface area contributed by atoms with Gasteiger partial charge in [-0.15, -0.1) is 0 Å². The zero-order valence-electron chi connectivity index (χ0n) is 12.0. The van der Waals surface area contributed by atoms with Gasteiger partial charge in [-0.3, -0.25) is 4.79 Å². The molecule has 4 nitrogen and oxygen atoms in total. The van der Waals surface area contributed by atoms with Gasteiger partial charge in [-0.2, -0.15) is 0 Å². The van der Waals surface area contributed by atoms with E-state index in [1.54, 1.807) is 17.0 Å². The molecule has 5 heteroatoms. The van der Waals surface area contributed by atoms with Crippen molar-refractivity contribution in [2.75, 3.05) is 27.2 Å². The van der Waals surface area contributed by atoms with Crippen LogP contribution in [-0.4, -0.2) is 53.6 Å². The Balaban J connectivity index is 2.08. The molecule has 1 fully saturated rings. The molecule has 1 N–H and O–H groups in total. The number of carbonyl (C=O) groups is 1. The van der Waals surface area contributed by atoms with E-state index in [1.165, 1.54) is 12.1 Å². The highest BCUT2D eigenvalue weighted by Gasteiger charge is 2.42. The van der Waals surface area contributed by atoms with E-state index in [-0.39, 0.29) is 11.7 Å². The van der Waals surface area contributed by atoms with Crippen molar-refractivity contribution in [2.45, 2.75) is 25.0 Å². The lowest BCUT2D eigenvalue weighted by Gasteiger charge is -2.39. The molecule has 1 aliphatic rings. The third-order valence-corrected chi connectivity index (χ3v) is 3.57. The summed E-state index contributed by atoms with van der Waals surface area (Å²) < 4.78 is 12.9. The molecule has 1 amide bonds. The maximum absolute atomic E-state index is 12.9. The number of rotatable bonds is 4. The second-order valence-corrected chi connectivity index (χ2v) is 5.73. The van der Waals surface area contributed by atoms with Crippen molar-refractivity contribution in [3.8, 4) is 0 Å². The fourth-order valence-corrected chi connectivity index (χ4v) is 2.70. The van der Waals surface area contributed by atoms with Crippen molar-refractivity contribution in [3.63, 3.8) is 0 Å². The van der Waals surface area contributed by atoms with Crippen LogP contribution in [0.5, 0.6) is 0 Å². The van der Waals surface area contributed by atoms with Gasteiger partial charge < -0.3 is 14.9 Å². The molecule has 0 bridgehead atoms. The van der Waals surface area contributed by atoms with Crippen molar-refractivity contribution >= 4 is 5.91 Å². The fraction of sp³-hybridized carbons (Fsp3) is 0.533. The fourth-order valence-electron chi connectivity index (χ4n) is 2.70. The minimum absolute atomic E-state index is 0.234. The number of hydrogen-bond acceptors (Lipinski definition) is 3. The maximum Gasteiger partial charge on any atom is 0.256 e. The van der Waals surface area contributed by atoms with E-state index in [1.807, 2.05) is 19.0 Å². The van der Waals surface area contributed by atoms with Gasteiger partial charge >= 0.3 is 0 Å². The zero-order valence-corrected chi connectivity index (χ0v) is 12.0. The van der Waals surface area contributed by atoms with Crippen LogP contribution in [0, 0.1) is 5.82 Å². The van der Waals surface area contributed by atoms with Gasteiger partial charge in [0.2, 0.25) is 0 Å². The summed E-state index contributed by atoms with van der Waals surface area (Å²) in [4.78, 5) is 15.9. The Hall–Kier alpha value is -1.46. The summed E-state index contributed by atoms with van der Waals surface area (Å²) in [6.45, 7) is 1.37. The highest BCUT2D eigenvalue weighted by atomic mass is 19.1. The second-order valence-electron chi connectivity index (χ2n) is 5.73. The molecule has 1 heterocycles. The number of likely N-dealkylation sites (N-methyl/N-ethyl adjacent to an activating group) is 1. The molecule has 0 radical (unpaired) electrons. The van der Waals surface area contributed by atoms with E-state index >= 15 is 0 Å². The Morgan fingerprint density at radius 1 is 1.35 bits per heavy atom. The lowest BCUT2D eigenvalue weighted by molar-refractivity contribution is -0.159. The molecule has 1 aromatic carbocycles. The van der Waals surface area contributed by atoms with Gasteiger partial charge in [0.15, 0.2) is 5.60 Å². The first-order valence-electron chi connectivity index (χ1n) is 6.82. The molecule has 2 rings (SSSR count). The Morgan fingerprint density at radius 2 is 2.00 bits per heavy atom. The topological polar surface area (TPSA) is 43.8 Å². The lowest BCUT2D eigenvalue weighted by atomic mass is 9.91. The first kappa shape index (κ1) is 14.9. The third kappa shape index (κ3) is 3.35. The molecule has 0 saturated carbocycles. The Labute approximate surface area is 118 Å². The van der Waals surface area contributed by atoms with E-state index in [9.17, 15) is 14.3 Å². The van der Waals surface area contributed by atoms with Crippen LogP contribution in [0.2, 0.25) is 0 Å². The predicted molar refractivity (Wildman–Crippen MR) is 74.6 cm³/mol. The molecule has 1 aromatic rings. The molecule has 0 aromatic heterocycles. The van der Waals surface area contributed by atoms with Gasteiger partial charge in [0.1, 0.15) is 5.82 Å². The van der Waals surface area contributed by atoms with Crippen molar-refractivity contribution < 1.29 is 14.3 Å². The summed E-state index contributed by atoms with van der Waals surface area (Å²) in [7, 11) is 3.67. The van der Waals surface area contributed by atoms with Crippen LogP contribution in [-0.2, 0) is 11.3 Å². The number of aliphatic hydroxyl groups is 1. The normalized spacial score (nSPS) is 23.4. The summed E-state index contributed by atoms with van der Waals surface area (Å²) in [6.07, 6.45) is 1.27. The van der Waals surface area contributed by atoms with Gasteiger partial charge in [-0.25, -0.2) is 4.39 Å². The minimum atomic E-state index is -1.30. The van der Waals surface area contributed by atoms with Gasteiger partial charge in [0.25, 0.3) is 5.91 Å². The first-order chi connectivity index (χ1) is 9.40. The molecule has 1 aliphatic heterocycles. The number of piperidine rings is 1. The van der Waals surface area contributed by atoms with E-state index in [4.69, 9.17) is 0 Å². The number of nitrogens with zero attached hydrogens (tertiary/aromatic N) is 2. The number of halogens is 1. The number of amides is 1. The highest BCUT2D eigenvalue weighted by Crippen LogP contribution is 2.24. The van der Waals surface area contributed by atoms with E-state index in [0.29, 0.717) is 26.1 Å². The van der Waals surface area contributed by atoms with E-state index < -0.39 is 5.60 Å². The van der Waals surface area contributed by atoms with Crippen LogP contribution >= 0.6 is 0 Å². The molecular weight excluding hydrogens is 259 g/mol. The van der Waals surface area contributed by atoms with E-state index in [0.717, 1.165) is 12.0 Å². The Bertz CT molecular complexity index is 475. The first-order valence-corrected chi connectivity index (χ1v) is 6.82. The molecular formula is C15H21FN2O2.